The van der Waals surface area contributed by atoms with Crippen LogP contribution in [0, 0.1) is 35.5 Å². The van der Waals surface area contributed by atoms with E-state index >= 15 is 0 Å². The Kier molecular flexibility index (Phi) is 26.2. The van der Waals surface area contributed by atoms with Gasteiger partial charge in [0.05, 0.1) is 0 Å². The molecule has 0 aromatic heterocycles. The van der Waals surface area contributed by atoms with Gasteiger partial charge in [0, 0.05) is 0 Å². The Bertz CT molecular complexity index is 235. The summed E-state index contributed by atoms with van der Waals surface area (Å²) in [7, 11) is 0. The van der Waals surface area contributed by atoms with Gasteiger partial charge in [0.25, 0.3) is 0 Å². The molecule has 0 atom stereocenters. The predicted molar refractivity (Wildman–Crippen MR) is 131 cm³/mol. The molecule has 0 aliphatic heterocycles. The smallest absolute Gasteiger partial charge is 0.0391 e. The third-order valence-corrected chi connectivity index (χ3v) is 5.88. The quantitative estimate of drug-likeness (QED) is 0.427. The summed E-state index contributed by atoms with van der Waals surface area (Å²) in [6.45, 7) is 27.1. The number of hydrogen-bond acceptors (Lipinski definition) is 0. The van der Waals surface area contributed by atoms with Crippen LogP contribution in [0.5, 0.6) is 0 Å². The van der Waals surface area contributed by atoms with Crippen LogP contribution in [0.15, 0.2) is 0 Å². The summed E-state index contributed by atoms with van der Waals surface area (Å²) in [5.74, 6) is 5.48. The maximum Gasteiger partial charge on any atom is -0.0391 e. The van der Waals surface area contributed by atoms with E-state index in [0.29, 0.717) is 0 Å². The van der Waals surface area contributed by atoms with E-state index in [2.05, 4.69) is 83.1 Å². The summed E-state index contributed by atoms with van der Waals surface area (Å²) in [6, 6.07) is 0. The van der Waals surface area contributed by atoms with E-state index in [1.54, 1.807) is 0 Å². The van der Waals surface area contributed by atoms with Crippen LogP contribution in [-0.2, 0) is 0 Å². The van der Waals surface area contributed by atoms with Crippen LogP contribution in [-0.4, -0.2) is 0 Å². The van der Waals surface area contributed by atoms with E-state index in [1.165, 1.54) is 57.8 Å². The van der Waals surface area contributed by atoms with E-state index in [4.69, 9.17) is 0 Å². The van der Waals surface area contributed by atoms with Crippen LogP contribution in [0.1, 0.15) is 141 Å². The predicted octanol–water partition coefficient (Wildman–Crippen LogP) is 10.4. The minimum Gasteiger partial charge on any atom is -0.0654 e. The molecule has 1 fully saturated rings. The Morgan fingerprint density at radius 3 is 1.19 bits per heavy atom. The van der Waals surface area contributed by atoms with Gasteiger partial charge in [0.1, 0.15) is 0 Å². The number of rotatable bonds is 6. The van der Waals surface area contributed by atoms with E-state index in [1.807, 2.05) is 0 Å². The summed E-state index contributed by atoms with van der Waals surface area (Å²) < 4.78 is 0. The van der Waals surface area contributed by atoms with Gasteiger partial charge >= 0.3 is 0 Å². The van der Waals surface area contributed by atoms with Gasteiger partial charge in [0.15, 0.2) is 0 Å². The molecule has 0 unspecified atom stereocenters. The van der Waals surface area contributed by atoms with Crippen molar-refractivity contribution in [1.82, 2.24) is 0 Å². The van der Waals surface area contributed by atoms with Crippen LogP contribution >= 0.6 is 0 Å². The van der Waals surface area contributed by atoms with Crippen molar-refractivity contribution in [2.45, 2.75) is 141 Å². The third-order valence-electron chi connectivity index (χ3n) is 5.88. The van der Waals surface area contributed by atoms with Gasteiger partial charge in [0.2, 0.25) is 0 Å². The summed E-state index contributed by atoms with van der Waals surface area (Å²) >= 11 is 0. The lowest BCUT2D eigenvalue weighted by Gasteiger charge is -2.24. The molecule has 0 aromatic carbocycles. The van der Waals surface area contributed by atoms with Crippen molar-refractivity contribution in [2.24, 2.45) is 35.5 Å². The van der Waals surface area contributed by atoms with Crippen LogP contribution in [0.3, 0.4) is 0 Å². The lowest BCUT2D eigenvalue weighted by Crippen LogP contribution is -2.12. The first-order chi connectivity index (χ1) is 12.5. The molecule has 0 radical (unpaired) electrons. The highest BCUT2D eigenvalue weighted by Crippen LogP contribution is 2.29. The van der Waals surface area contributed by atoms with Crippen molar-refractivity contribution in [3.63, 3.8) is 0 Å². The standard InChI is InChI=1S/C9H18.C7H16.C6H14.C5H12/c1-8(2)9-6-4-3-5-7-9;1-4-5-6-7(2)3;1-5(2)6(3)4;1-4-5(2)3/h8-9H,3-7H2,1-2H3;7H,4-6H2,1-3H3;5-6H,1-4H3;5H,4H2,1-3H3. The van der Waals surface area contributed by atoms with Crippen molar-refractivity contribution < 1.29 is 0 Å². The molecule has 1 rings (SSSR count). The summed E-state index contributed by atoms with van der Waals surface area (Å²) in [6.07, 6.45) is 12.9. The maximum absolute atomic E-state index is 2.36. The highest BCUT2D eigenvalue weighted by Gasteiger charge is 2.15. The monoisotopic (exact) mass is 384 g/mol. The van der Waals surface area contributed by atoms with Crippen molar-refractivity contribution >= 4 is 0 Å². The van der Waals surface area contributed by atoms with E-state index in [9.17, 15) is 0 Å². The summed E-state index contributed by atoms with van der Waals surface area (Å²) in [5.41, 5.74) is 0. The Balaban J connectivity index is -0.000000293. The molecule has 0 spiro atoms. The fraction of sp³-hybridized carbons (Fsp3) is 1.00. The zero-order valence-electron chi connectivity index (χ0n) is 21.8. The second-order valence-electron chi connectivity index (χ2n) is 10.5. The molecular weight excluding hydrogens is 324 g/mol. The topological polar surface area (TPSA) is 0 Å². The molecule has 1 saturated carbocycles. The Morgan fingerprint density at radius 1 is 0.630 bits per heavy atom. The van der Waals surface area contributed by atoms with Gasteiger partial charge in [-0.15, -0.1) is 0 Å². The van der Waals surface area contributed by atoms with E-state index in [0.717, 1.165) is 35.5 Å². The number of unbranched alkanes of at least 4 members (excludes halogenated alkanes) is 1. The highest BCUT2D eigenvalue weighted by molar-refractivity contribution is 4.67. The van der Waals surface area contributed by atoms with E-state index < -0.39 is 0 Å². The zero-order valence-corrected chi connectivity index (χ0v) is 21.8. The summed E-state index contributed by atoms with van der Waals surface area (Å²) in [5, 5.41) is 0. The molecule has 168 valence electrons. The molecule has 0 amide bonds. The molecule has 0 aromatic rings. The van der Waals surface area contributed by atoms with Crippen molar-refractivity contribution in [2.75, 3.05) is 0 Å². The number of hydrogen-bond donors (Lipinski definition) is 0. The van der Waals surface area contributed by atoms with Gasteiger partial charge in [-0.3, -0.25) is 0 Å². The van der Waals surface area contributed by atoms with Crippen LogP contribution in [0.25, 0.3) is 0 Å². The first-order valence-corrected chi connectivity index (χ1v) is 12.5. The van der Waals surface area contributed by atoms with Gasteiger partial charge in [-0.05, 0) is 35.5 Å². The molecule has 1 aliphatic rings. The zero-order chi connectivity index (χ0) is 21.8. The van der Waals surface area contributed by atoms with Gasteiger partial charge in [-0.2, -0.15) is 0 Å². The minimum absolute atomic E-state index is 0.852. The minimum atomic E-state index is 0.852. The van der Waals surface area contributed by atoms with Gasteiger partial charge in [-0.1, -0.05) is 141 Å². The highest BCUT2D eigenvalue weighted by atomic mass is 14.2. The van der Waals surface area contributed by atoms with Crippen molar-refractivity contribution in [3.8, 4) is 0 Å². The normalized spacial score (nSPS) is 14.6. The average Bonchev–Trinajstić information content (AvgIpc) is 2.62. The molecule has 0 heterocycles. The van der Waals surface area contributed by atoms with Crippen molar-refractivity contribution in [1.29, 1.82) is 0 Å². The molecule has 0 nitrogen and oxygen atoms in total. The third kappa shape index (κ3) is 30.9. The summed E-state index contributed by atoms with van der Waals surface area (Å²) in [4.78, 5) is 0. The fourth-order valence-corrected chi connectivity index (χ4v) is 2.41. The fourth-order valence-electron chi connectivity index (χ4n) is 2.41. The lowest BCUT2D eigenvalue weighted by molar-refractivity contribution is 0.279. The molecule has 0 N–H and O–H groups in total. The van der Waals surface area contributed by atoms with E-state index in [-0.39, 0.29) is 0 Å². The maximum atomic E-state index is 2.36. The Hall–Kier alpha value is 0. The molecule has 0 bridgehead atoms. The second kappa shape index (κ2) is 22.3. The SMILES string of the molecule is CC(C)C(C)C.CC(C)C1CCCCC1.CCC(C)C.CCCCC(C)C. The molecular formula is C27H60. The lowest BCUT2D eigenvalue weighted by atomic mass is 9.82. The first kappa shape index (κ1) is 31.7. The Labute approximate surface area is 176 Å². The molecule has 1 aliphatic carbocycles. The largest absolute Gasteiger partial charge is 0.0654 e. The Morgan fingerprint density at radius 2 is 1.04 bits per heavy atom. The molecule has 0 saturated heterocycles. The second-order valence-corrected chi connectivity index (χ2v) is 10.5. The van der Waals surface area contributed by atoms with Crippen molar-refractivity contribution in [3.05, 3.63) is 0 Å². The van der Waals surface area contributed by atoms with Crippen LogP contribution in [0.2, 0.25) is 0 Å². The average molecular weight is 385 g/mol. The van der Waals surface area contributed by atoms with Gasteiger partial charge in [-0.25, -0.2) is 0 Å². The molecule has 27 heavy (non-hydrogen) atoms. The van der Waals surface area contributed by atoms with Crippen LogP contribution in [0.4, 0.5) is 0 Å². The van der Waals surface area contributed by atoms with Crippen LogP contribution < -0.4 is 0 Å². The molecule has 0 heteroatoms. The first-order valence-electron chi connectivity index (χ1n) is 12.5. The van der Waals surface area contributed by atoms with Gasteiger partial charge < -0.3 is 0 Å².